The maximum Gasteiger partial charge on any atom is 0.534 e. The molecule has 0 saturated carbocycles. The van der Waals surface area contributed by atoms with E-state index < -0.39 is 32.7 Å². The number of hydrogen-bond donors (Lipinski definition) is 1. The van der Waals surface area contributed by atoms with Crippen molar-refractivity contribution in [2.45, 2.75) is 11.0 Å². The first-order valence-electron chi connectivity index (χ1n) is 9.41. The van der Waals surface area contributed by atoms with Crippen LogP contribution in [0.4, 0.5) is 17.6 Å². The number of aliphatic imine (C=N–C) groups is 1. The molecule has 9 nitrogen and oxygen atoms in total. The van der Waals surface area contributed by atoms with Gasteiger partial charge in [-0.1, -0.05) is 6.07 Å². The summed E-state index contributed by atoms with van der Waals surface area (Å²) in [5.74, 6) is -2.29. The summed E-state index contributed by atoms with van der Waals surface area (Å²) in [5, 5.41) is 0. The second-order valence-electron chi connectivity index (χ2n) is 7.30. The van der Waals surface area contributed by atoms with Gasteiger partial charge in [0.1, 0.15) is 24.4 Å². The largest absolute Gasteiger partial charge is 0.534 e. The lowest BCUT2D eigenvalue weighted by molar-refractivity contribution is -0.0500. The van der Waals surface area contributed by atoms with E-state index >= 15 is 0 Å². The molecule has 1 aromatic heterocycles. The number of amidine groups is 1. The number of rotatable bonds is 3. The molecule has 0 amide bonds. The summed E-state index contributed by atoms with van der Waals surface area (Å²) in [6.07, 6.45) is 4.45. The molecule has 5 rings (SSSR count). The van der Waals surface area contributed by atoms with Gasteiger partial charge in [-0.3, -0.25) is 0 Å². The van der Waals surface area contributed by atoms with Gasteiger partial charge in [0.15, 0.2) is 17.1 Å². The Labute approximate surface area is 189 Å². The van der Waals surface area contributed by atoms with E-state index in [1.54, 1.807) is 30.6 Å². The van der Waals surface area contributed by atoms with Crippen LogP contribution in [0.15, 0.2) is 54.0 Å². The molecule has 2 N–H and O–H groups in total. The zero-order chi connectivity index (χ0) is 24.3. The fraction of sp³-hybridized carbons (Fsp3) is 0.150. The van der Waals surface area contributed by atoms with Crippen molar-refractivity contribution in [3.63, 3.8) is 0 Å². The van der Waals surface area contributed by atoms with Crippen LogP contribution in [0.1, 0.15) is 11.1 Å². The number of fused-ring (bicyclic) bond motifs is 4. The Bertz CT molecular complexity index is 1450. The van der Waals surface area contributed by atoms with Crippen LogP contribution in [0, 0.1) is 5.82 Å². The van der Waals surface area contributed by atoms with Crippen molar-refractivity contribution < 1.29 is 39.6 Å². The number of nitrogens with two attached hydrogens (primary N) is 1. The first-order chi connectivity index (χ1) is 16.0. The van der Waals surface area contributed by atoms with Crippen LogP contribution in [0.25, 0.3) is 11.1 Å². The van der Waals surface area contributed by atoms with Gasteiger partial charge in [0.2, 0.25) is 0 Å². The van der Waals surface area contributed by atoms with Crippen LogP contribution in [-0.2, 0) is 20.4 Å². The van der Waals surface area contributed by atoms with Crippen LogP contribution in [0.3, 0.4) is 0 Å². The Morgan fingerprint density at radius 2 is 1.79 bits per heavy atom. The summed E-state index contributed by atoms with van der Waals surface area (Å²) < 4.78 is 91.5. The Balaban J connectivity index is 1.70. The van der Waals surface area contributed by atoms with Crippen molar-refractivity contribution in [3.8, 4) is 28.4 Å². The van der Waals surface area contributed by atoms with Gasteiger partial charge >= 0.3 is 15.6 Å². The monoisotopic (exact) mass is 496 g/mol. The molecule has 0 bridgehead atoms. The zero-order valence-corrected chi connectivity index (χ0v) is 17.5. The van der Waals surface area contributed by atoms with Crippen LogP contribution in [-0.4, -0.2) is 36.5 Å². The van der Waals surface area contributed by atoms with Crippen molar-refractivity contribution in [1.29, 1.82) is 0 Å². The van der Waals surface area contributed by atoms with Gasteiger partial charge < -0.3 is 19.4 Å². The van der Waals surface area contributed by atoms with Crippen LogP contribution >= 0.6 is 0 Å². The highest BCUT2D eigenvalue weighted by molar-refractivity contribution is 7.88. The van der Waals surface area contributed by atoms with Crippen molar-refractivity contribution in [3.05, 3.63) is 66.0 Å². The van der Waals surface area contributed by atoms with Crippen molar-refractivity contribution in [2.24, 2.45) is 10.7 Å². The summed E-state index contributed by atoms with van der Waals surface area (Å²) in [4.78, 5) is 12.2. The van der Waals surface area contributed by atoms with Gasteiger partial charge in [-0.05, 0) is 23.8 Å². The lowest BCUT2D eigenvalue weighted by atomic mass is 9.80. The third-order valence-corrected chi connectivity index (χ3v) is 6.19. The summed E-state index contributed by atoms with van der Waals surface area (Å²) in [5.41, 5.74) is -0.0704. The fourth-order valence-corrected chi connectivity index (χ4v) is 4.18. The van der Waals surface area contributed by atoms with E-state index in [2.05, 4.69) is 19.1 Å². The van der Waals surface area contributed by atoms with Crippen LogP contribution in [0.2, 0.25) is 0 Å². The van der Waals surface area contributed by atoms with Crippen LogP contribution < -0.4 is 14.7 Å². The smallest absolute Gasteiger partial charge is 0.462 e. The second kappa shape index (κ2) is 7.28. The maximum atomic E-state index is 15.0. The minimum Gasteiger partial charge on any atom is -0.462 e. The maximum absolute atomic E-state index is 15.0. The third-order valence-electron chi connectivity index (χ3n) is 5.21. The molecule has 34 heavy (non-hydrogen) atoms. The Morgan fingerprint density at radius 1 is 1.06 bits per heavy atom. The molecule has 3 heterocycles. The molecule has 3 aromatic rings. The summed E-state index contributed by atoms with van der Waals surface area (Å²) in [7, 11) is -6.06. The molecule has 0 fully saturated rings. The minimum atomic E-state index is -6.06. The van der Waals surface area contributed by atoms with E-state index in [4.69, 9.17) is 15.2 Å². The van der Waals surface area contributed by atoms with Gasteiger partial charge in [0.25, 0.3) is 6.02 Å². The molecule has 0 radical (unpaired) electrons. The third kappa shape index (κ3) is 3.37. The quantitative estimate of drug-likeness (QED) is 0.333. The predicted molar refractivity (Wildman–Crippen MR) is 108 cm³/mol. The highest BCUT2D eigenvalue weighted by Gasteiger charge is 2.51. The zero-order valence-electron chi connectivity index (χ0n) is 16.7. The number of alkyl halides is 3. The Hall–Kier alpha value is -3.94. The molecule has 2 aliphatic rings. The van der Waals surface area contributed by atoms with Gasteiger partial charge in [0.05, 0.1) is 0 Å². The highest BCUT2D eigenvalue weighted by Crippen LogP contribution is 2.53. The number of aromatic nitrogens is 2. The first kappa shape index (κ1) is 21.9. The molecule has 0 aliphatic carbocycles. The van der Waals surface area contributed by atoms with Gasteiger partial charge in [-0.2, -0.15) is 21.6 Å². The van der Waals surface area contributed by atoms with Crippen molar-refractivity contribution >= 4 is 16.1 Å². The molecule has 176 valence electrons. The number of ether oxygens (including phenoxy) is 2. The number of nitrogens with zero attached hydrogens (tertiary/aromatic N) is 3. The standard InChI is InChI=1S/C20H12F4N4O5S/c21-15-5-12(33-34(29,30)20(22,23)24)4-14-17(15)32-16-2-1-10(11-6-26-9-27-7-11)3-13(16)19(14)8-31-18(25)28-19/h1-7,9H,8H2,(H2,25,28)/t19-/m0/s1. The molecule has 2 aliphatic heterocycles. The summed E-state index contributed by atoms with van der Waals surface area (Å²) >= 11 is 0. The van der Waals surface area contributed by atoms with E-state index in [1.807, 2.05) is 0 Å². The van der Waals surface area contributed by atoms with E-state index in [0.717, 1.165) is 6.07 Å². The lowest BCUT2D eigenvalue weighted by Gasteiger charge is -2.34. The molecule has 0 unspecified atom stereocenters. The summed E-state index contributed by atoms with van der Waals surface area (Å²) in [6, 6.07) is 5.96. The molecule has 0 saturated heterocycles. The van der Waals surface area contributed by atoms with Gasteiger partial charge in [-0.25, -0.2) is 19.4 Å². The fourth-order valence-electron chi connectivity index (χ4n) is 3.73. The molecule has 1 atom stereocenters. The van der Waals surface area contributed by atoms with E-state index in [9.17, 15) is 26.0 Å². The van der Waals surface area contributed by atoms with Crippen molar-refractivity contribution in [1.82, 2.24) is 9.97 Å². The predicted octanol–water partition coefficient (Wildman–Crippen LogP) is 3.21. The van der Waals surface area contributed by atoms with E-state index in [1.165, 1.54) is 6.33 Å². The average Bonchev–Trinajstić information content (AvgIpc) is 3.16. The molecule has 2 aromatic carbocycles. The van der Waals surface area contributed by atoms with E-state index in [-0.39, 0.29) is 29.7 Å². The normalized spacial score (nSPS) is 19.0. The number of hydrogen-bond acceptors (Lipinski definition) is 9. The second-order valence-corrected chi connectivity index (χ2v) is 8.84. The van der Waals surface area contributed by atoms with Crippen LogP contribution in [0.5, 0.6) is 17.2 Å². The first-order valence-corrected chi connectivity index (χ1v) is 10.8. The molecular formula is C20H12F4N4O5S. The molecular weight excluding hydrogens is 484 g/mol. The number of benzene rings is 2. The minimum absolute atomic E-state index is 0.130. The average molecular weight is 496 g/mol. The molecule has 14 heteroatoms. The highest BCUT2D eigenvalue weighted by atomic mass is 32.2. The van der Waals surface area contributed by atoms with Gasteiger partial charge in [0, 0.05) is 35.2 Å². The van der Waals surface area contributed by atoms with Gasteiger partial charge in [-0.15, -0.1) is 0 Å². The Morgan fingerprint density at radius 3 is 2.44 bits per heavy atom. The van der Waals surface area contributed by atoms with Crippen molar-refractivity contribution in [2.75, 3.05) is 6.61 Å². The topological polar surface area (TPSA) is 126 Å². The Kier molecular flexibility index (Phi) is 4.69. The SMILES string of the molecule is NC1=N[C@@]2(CO1)c1cc(-c3cncnc3)ccc1Oc1c(F)cc(OS(=O)(=O)C(F)(F)F)cc12. The summed E-state index contributed by atoms with van der Waals surface area (Å²) in [6.45, 7) is -0.258. The number of halogens is 4. The molecule has 1 spiro atoms. The van der Waals surface area contributed by atoms with E-state index in [0.29, 0.717) is 22.8 Å². The lowest BCUT2D eigenvalue weighted by Crippen LogP contribution is -2.32.